The van der Waals surface area contributed by atoms with Crippen LogP contribution in [0.15, 0.2) is 28.7 Å². The van der Waals surface area contributed by atoms with Crippen LogP contribution in [0, 0.1) is 0 Å². The smallest absolute Gasteiger partial charge is 0.436 e. The molecule has 1 aliphatic carbocycles. The Bertz CT molecular complexity index is 815. The molecule has 1 unspecified atom stereocenters. The second-order valence-corrected chi connectivity index (χ2v) is 6.77. The minimum atomic E-state index is -4.60. The van der Waals surface area contributed by atoms with E-state index < -0.39 is 23.8 Å². The molecule has 0 saturated heterocycles. The first-order valence-electron chi connectivity index (χ1n) is 7.63. The number of anilines is 1. The van der Waals surface area contributed by atoms with Crippen LogP contribution in [0.3, 0.4) is 0 Å². The Morgan fingerprint density at radius 1 is 1.44 bits per heavy atom. The largest absolute Gasteiger partial charge is 0.508 e. The molecule has 2 N–H and O–H groups in total. The van der Waals surface area contributed by atoms with Crippen molar-refractivity contribution < 1.29 is 23.1 Å². The number of hydrogen-bond acceptors (Lipinski definition) is 3. The summed E-state index contributed by atoms with van der Waals surface area (Å²) < 4.78 is 40.5. The highest BCUT2D eigenvalue weighted by Crippen LogP contribution is 2.47. The highest BCUT2D eigenvalue weighted by molar-refractivity contribution is 9.10. The first-order valence-corrected chi connectivity index (χ1v) is 8.42. The molecule has 0 bridgehead atoms. The van der Waals surface area contributed by atoms with Crippen LogP contribution in [0.2, 0.25) is 0 Å². The van der Waals surface area contributed by atoms with E-state index in [0.29, 0.717) is 11.4 Å². The van der Waals surface area contributed by atoms with Gasteiger partial charge in [-0.05, 0) is 47.8 Å². The summed E-state index contributed by atoms with van der Waals surface area (Å²) in [6.45, 7) is 1.49. The summed E-state index contributed by atoms with van der Waals surface area (Å²) in [4.78, 5) is 12.4. The maximum Gasteiger partial charge on any atom is 0.436 e. The van der Waals surface area contributed by atoms with Crippen LogP contribution in [-0.4, -0.2) is 20.8 Å². The number of halogens is 4. The third kappa shape index (κ3) is 3.65. The third-order valence-corrected chi connectivity index (χ3v) is 4.76. The maximum absolute atomic E-state index is 13.1. The molecule has 1 fully saturated rings. The van der Waals surface area contributed by atoms with E-state index >= 15 is 0 Å². The number of alkyl halides is 3. The number of aromatic nitrogens is 2. The number of amides is 1. The second kappa shape index (κ2) is 6.36. The molecule has 5 nitrogen and oxygen atoms in total. The minimum Gasteiger partial charge on any atom is -0.508 e. The summed E-state index contributed by atoms with van der Waals surface area (Å²) in [6.07, 6.45) is -3.07. The first kappa shape index (κ1) is 17.8. The van der Waals surface area contributed by atoms with E-state index in [2.05, 4.69) is 26.3 Å². The topological polar surface area (TPSA) is 67.2 Å². The molecule has 0 aliphatic heterocycles. The van der Waals surface area contributed by atoms with Gasteiger partial charge in [0, 0.05) is 17.7 Å². The van der Waals surface area contributed by atoms with Crippen molar-refractivity contribution in [3.05, 3.63) is 40.1 Å². The third-order valence-electron chi connectivity index (χ3n) is 3.98. The highest BCUT2D eigenvalue weighted by Gasteiger charge is 2.43. The number of phenols is 1. The normalized spacial score (nSPS) is 15.9. The molecule has 0 radical (unpaired) electrons. The van der Waals surface area contributed by atoms with Crippen molar-refractivity contribution in [2.24, 2.45) is 0 Å². The summed E-state index contributed by atoms with van der Waals surface area (Å²) in [5, 5.41) is 15.7. The Hall–Kier alpha value is -2.03. The standard InChI is InChI=1S/C16H15BrF3N3O2/c1-8(15(25)21-10-3-2-4-11(24)7-10)23-13(9-5-6-9)12(17)14(22-23)16(18,19)20/h2-4,7-9,24H,5-6H2,1H3,(H,21,25). The Morgan fingerprint density at radius 3 is 2.68 bits per heavy atom. The SMILES string of the molecule is CC(C(=O)Nc1cccc(O)c1)n1nc(C(F)(F)F)c(Br)c1C1CC1. The van der Waals surface area contributed by atoms with Gasteiger partial charge in [-0.3, -0.25) is 9.48 Å². The molecule has 9 heteroatoms. The van der Waals surface area contributed by atoms with Gasteiger partial charge in [-0.15, -0.1) is 0 Å². The number of aromatic hydroxyl groups is 1. The van der Waals surface area contributed by atoms with Crippen LogP contribution in [0.4, 0.5) is 18.9 Å². The number of rotatable bonds is 4. The van der Waals surface area contributed by atoms with Gasteiger partial charge in [0.15, 0.2) is 5.69 Å². The fourth-order valence-corrected chi connectivity index (χ4v) is 3.38. The summed E-state index contributed by atoms with van der Waals surface area (Å²) >= 11 is 3.00. The zero-order valence-corrected chi connectivity index (χ0v) is 14.7. The van der Waals surface area contributed by atoms with E-state index in [4.69, 9.17) is 0 Å². The van der Waals surface area contributed by atoms with Crippen LogP contribution < -0.4 is 5.32 Å². The van der Waals surface area contributed by atoms with Crippen LogP contribution in [0.1, 0.15) is 43.1 Å². The van der Waals surface area contributed by atoms with Crippen molar-refractivity contribution in [2.75, 3.05) is 5.32 Å². The van der Waals surface area contributed by atoms with Gasteiger partial charge < -0.3 is 10.4 Å². The van der Waals surface area contributed by atoms with E-state index in [-0.39, 0.29) is 16.1 Å². The summed E-state index contributed by atoms with van der Waals surface area (Å²) in [5.74, 6) is -0.574. The number of carbonyl (C=O) groups is 1. The molecule has 1 heterocycles. The molecule has 1 aliphatic rings. The van der Waals surface area contributed by atoms with E-state index in [0.717, 1.165) is 17.5 Å². The molecule has 1 amide bonds. The lowest BCUT2D eigenvalue weighted by atomic mass is 10.2. The van der Waals surface area contributed by atoms with Crippen molar-refractivity contribution in [2.45, 2.75) is 37.9 Å². The number of hydrogen-bond donors (Lipinski definition) is 2. The van der Waals surface area contributed by atoms with Crippen LogP contribution in [0.25, 0.3) is 0 Å². The van der Waals surface area contributed by atoms with E-state index in [9.17, 15) is 23.1 Å². The average molecular weight is 418 g/mol. The Balaban J connectivity index is 1.91. The zero-order valence-electron chi connectivity index (χ0n) is 13.1. The van der Waals surface area contributed by atoms with Gasteiger partial charge in [-0.25, -0.2) is 0 Å². The molecule has 1 aromatic carbocycles. The molecule has 1 saturated carbocycles. The highest BCUT2D eigenvalue weighted by atomic mass is 79.9. The Kier molecular flexibility index (Phi) is 4.52. The average Bonchev–Trinajstić information content (AvgIpc) is 3.28. The monoisotopic (exact) mass is 417 g/mol. The van der Waals surface area contributed by atoms with Crippen LogP contribution in [-0.2, 0) is 11.0 Å². The second-order valence-electron chi connectivity index (χ2n) is 5.98. The predicted molar refractivity (Wildman–Crippen MR) is 88.4 cm³/mol. The lowest BCUT2D eigenvalue weighted by Crippen LogP contribution is -2.26. The predicted octanol–water partition coefficient (Wildman–Crippen LogP) is 4.45. The number of phenolic OH excluding ortho intramolecular Hbond substituents is 1. The number of benzene rings is 1. The summed E-state index contributed by atoms with van der Waals surface area (Å²) in [6, 6.07) is 4.99. The molecule has 2 aromatic rings. The van der Waals surface area contributed by atoms with Crippen molar-refractivity contribution in [1.82, 2.24) is 9.78 Å². The first-order chi connectivity index (χ1) is 11.7. The van der Waals surface area contributed by atoms with E-state index in [1.165, 1.54) is 19.1 Å². The fraction of sp³-hybridized carbons (Fsp3) is 0.375. The molecule has 1 atom stereocenters. The van der Waals surface area contributed by atoms with Crippen molar-refractivity contribution in [3.63, 3.8) is 0 Å². The summed E-state index contributed by atoms with van der Waals surface area (Å²) in [5.41, 5.74) is -0.274. The lowest BCUT2D eigenvalue weighted by molar-refractivity contribution is -0.142. The quantitative estimate of drug-likeness (QED) is 0.772. The van der Waals surface area contributed by atoms with E-state index in [1.54, 1.807) is 12.1 Å². The van der Waals surface area contributed by atoms with Gasteiger partial charge in [-0.1, -0.05) is 6.07 Å². The van der Waals surface area contributed by atoms with E-state index in [1.807, 2.05) is 0 Å². The van der Waals surface area contributed by atoms with Gasteiger partial charge in [0.2, 0.25) is 5.91 Å². The van der Waals surface area contributed by atoms with Crippen LogP contribution >= 0.6 is 15.9 Å². The zero-order chi connectivity index (χ0) is 18.4. The molecule has 1 aromatic heterocycles. The minimum absolute atomic E-state index is 0.0229. The molecule has 0 spiro atoms. The molecular weight excluding hydrogens is 403 g/mol. The lowest BCUT2D eigenvalue weighted by Gasteiger charge is -2.16. The maximum atomic E-state index is 13.1. The molecule has 25 heavy (non-hydrogen) atoms. The number of carbonyl (C=O) groups excluding carboxylic acids is 1. The summed E-state index contributed by atoms with van der Waals surface area (Å²) in [7, 11) is 0. The molecule has 134 valence electrons. The Labute approximate surface area is 150 Å². The number of nitrogens with one attached hydrogen (secondary N) is 1. The van der Waals surface area contributed by atoms with Crippen molar-refractivity contribution >= 4 is 27.5 Å². The Morgan fingerprint density at radius 2 is 2.12 bits per heavy atom. The molecular formula is C16H15BrF3N3O2. The van der Waals surface area contributed by atoms with Gasteiger partial charge in [0.1, 0.15) is 11.8 Å². The van der Waals surface area contributed by atoms with Crippen molar-refractivity contribution in [3.8, 4) is 5.75 Å². The number of nitrogens with zero attached hydrogens (tertiary/aromatic N) is 2. The van der Waals surface area contributed by atoms with Crippen molar-refractivity contribution in [1.29, 1.82) is 0 Å². The van der Waals surface area contributed by atoms with Gasteiger partial charge in [-0.2, -0.15) is 18.3 Å². The fourth-order valence-electron chi connectivity index (χ4n) is 2.57. The van der Waals surface area contributed by atoms with Gasteiger partial charge >= 0.3 is 6.18 Å². The van der Waals surface area contributed by atoms with Gasteiger partial charge in [0.05, 0.1) is 10.2 Å². The van der Waals surface area contributed by atoms with Crippen LogP contribution in [0.5, 0.6) is 5.75 Å². The van der Waals surface area contributed by atoms with Gasteiger partial charge in [0.25, 0.3) is 0 Å². The molecule has 3 rings (SSSR count).